The highest BCUT2D eigenvalue weighted by molar-refractivity contribution is 5.74. The average molecular weight is 236 g/mol. The van der Waals surface area contributed by atoms with Crippen molar-refractivity contribution in [3.8, 4) is 5.75 Å². The van der Waals surface area contributed by atoms with Crippen LogP contribution in [0.1, 0.15) is 12.5 Å². The fourth-order valence-corrected chi connectivity index (χ4v) is 1.17. The predicted molar refractivity (Wildman–Crippen MR) is 64.6 cm³/mol. The Hall–Kier alpha value is -1.97. The fraction of sp³-hybridized carbons (Fsp3) is 0.308. The summed E-state index contributed by atoms with van der Waals surface area (Å²) in [6, 6.07) is 7.48. The SMILES string of the molecule is COC(=O)C(C)OC=Cc1ccc(OC)cc1. The van der Waals surface area contributed by atoms with E-state index in [2.05, 4.69) is 4.74 Å². The van der Waals surface area contributed by atoms with Gasteiger partial charge in [0.25, 0.3) is 0 Å². The topological polar surface area (TPSA) is 44.8 Å². The van der Waals surface area contributed by atoms with Gasteiger partial charge < -0.3 is 14.2 Å². The molecular weight excluding hydrogens is 220 g/mol. The van der Waals surface area contributed by atoms with Crippen LogP contribution >= 0.6 is 0 Å². The zero-order chi connectivity index (χ0) is 12.7. The van der Waals surface area contributed by atoms with E-state index < -0.39 is 12.1 Å². The van der Waals surface area contributed by atoms with Crippen molar-refractivity contribution >= 4 is 12.0 Å². The number of esters is 1. The van der Waals surface area contributed by atoms with Crippen LogP contribution in [0.2, 0.25) is 0 Å². The van der Waals surface area contributed by atoms with Crippen molar-refractivity contribution in [3.63, 3.8) is 0 Å². The van der Waals surface area contributed by atoms with Gasteiger partial charge in [-0.3, -0.25) is 0 Å². The van der Waals surface area contributed by atoms with Crippen LogP contribution < -0.4 is 4.74 Å². The fourth-order valence-electron chi connectivity index (χ4n) is 1.17. The zero-order valence-corrected chi connectivity index (χ0v) is 10.2. The smallest absolute Gasteiger partial charge is 0.346 e. The minimum Gasteiger partial charge on any atom is -0.497 e. The Morgan fingerprint density at radius 2 is 1.88 bits per heavy atom. The Morgan fingerprint density at radius 1 is 1.24 bits per heavy atom. The maximum Gasteiger partial charge on any atom is 0.346 e. The summed E-state index contributed by atoms with van der Waals surface area (Å²) in [7, 11) is 2.95. The quantitative estimate of drug-likeness (QED) is 0.581. The molecule has 1 rings (SSSR count). The summed E-state index contributed by atoms with van der Waals surface area (Å²) in [6.45, 7) is 1.63. The van der Waals surface area contributed by atoms with Crippen molar-refractivity contribution < 1.29 is 19.0 Å². The molecule has 1 unspecified atom stereocenters. The summed E-state index contributed by atoms with van der Waals surface area (Å²) in [4.78, 5) is 11.0. The molecule has 0 fully saturated rings. The number of carbonyl (C=O) groups excluding carboxylic acids is 1. The number of benzene rings is 1. The van der Waals surface area contributed by atoms with Gasteiger partial charge in [-0.15, -0.1) is 0 Å². The summed E-state index contributed by atoms with van der Waals surface area (Å²) in [6.07, 6.45) is 2.64. The summed E-state index contributed by atoms with van der Waals surface area (Å²) in [5.41, 5.74) is 0.961. The van der Waals surface area contributed by atoms with E-state index in [1.54, 1.807) is 20.1 Å². The molecule has 0 aliphatic heterocycles. The molecule has 1 aromatic carbocycles. The predicted octanol–water partition coefficient (Wildman–Crippen LogP) is 2.24. The molecule has 1 aromatic rings. The molecule has 0 bridgehead atoms. The normalized spacial score (nSPS) is 12.2. The Labute approximate surface area is 101 Å². The molecule has 0 aliphatic carbocycles. The highest BCUT2D eigenvalue weighted by Crippen LogP contribution is 2.12. The van der Waals surface area contributed by atoms with Crippen LogP contribution in [-0.4, -0.2) is 26.3 Å². The Balaban J connectivity index is 2.50. The lowest BCUT2D eigenvalue weighted by Gasteiger charge is -2.07. The van der Waals surface area contributed by atoms with E-state index in [0.29, 0.717) is 0 Å². The molecule has 4 heteroatoms. The molecule has 0 spiro atoms. The summed E-state index contributed by atoms with van der Waals surface area (Å²) in [5, 5.41) is 0. The van der Waals surface area contributed by atoms with Gasteiger partial charge in [0.05, 0.1) is 20.5 Å². The second-order valence-corrected chi connectivity index (χ2v) is 3.38. The molecule has 4 nitrogen and oxygen atoms in total. The number of ether oxygens (including phenoxy) is 3. The third-order valence-electron chi connectivity index (χ3n) is 2.19. The number of carbonyl (C=O) groups is 1. The van der Waals surface area contributed by atoms with E-state index in [1.165, 1.54) is 13.4 Å². The van der Waals surface area contributed by atoms with Gasteiger partial charge in [0.1, 0.15) is 5.75 Å². The Morgan fingerprint density at radius 3 is 2.41 bits per heavy atom. The molecule has 0 saturated heterocycles. The standard InChI is InChI=1S/C13H16O4/c1-10(13(14)16-3)17-9-8-11-4-6-12(15-2)7-5-11/h4-10H,1-3H3. The lowest BCUT2D eigenvalue weighted by Crippen LogP contribution is -2.19. The van der Waals surface area contributed by atoms with Crippen molar-refractivity contribution in [1.82, 2.24) is 0 Å². The number of hydrogen-bond acceptors (Lipinski definition) is 4. The molecule has 17 heavy (non-hydrogen) atoms. The molecule has 1 atom stereocenters. The van der Waals surface area contributed by atoms with Crippen LogP contribution in [0.4, 0.5) is 0 Å². The minimum absolute atomic E-state index is 0.399. The van der Waals surface area contributed by atoms with Crippen LogP contribution in [0.25, 0.3) is 6.08 Å². The maximum atomic E-state index is 11.0. The van der Waals surface area contributed by atoms with E-state index in [-0.39, 0.29) is 0 Å². The first kappa shape index (κ1) is 13.1. The second-order valence-electron chi connectivity index (χ2n) is 3.38. The van der Waals surface area contributed by atoms with Gasteiger partial charge in [0.2, 0.25) is 0 Å². The maximum absolute atomic E-state index is 11.0. The van der Waals surface area contributed by atoms with Gasteiger partial charge in [-0.25, -0.2) is 4.79 Å². The third-order valence-corrected chi connectivity index (χ3v) is 2.19. The summed E-state index contributed by atoms with van der Waals surface area (Å²) < 4.78 is 14.7. The van der Waals surface area contributed by atoms with Crippen LogP contribution in [0.3, 0.4) is 0 Å². The highest BCUT2D eigenvalue weighted by Gasteiger charge is 2.11. The molecule has 92 valence electrons. The molecular formula is C13H16O4. The van der Waals surface area contributed by atoms with Crippen molar-refractivity contribution in [2.45, 2.75) is 13.0 Å². The number of methoxy groups -OCH3 is 2. The van der Waals surface area contributed by atoms with Crippen LogP contribution in [-0.2, 0) is 14.3 Å². The van der Waals surface area contributed by atoms with Gasteiger partial charge in [-0.05, 0) is 30.7 Å². The van der Waals surface area contributed by atoms with Gasteiger partial charge >= 0.3 is 5.97 Å². The Kier molecular flexibility index (Phi) is 5.07. The van der Waals surface area contributed by atoms with Crippen molar-refractivity contribution in [2.75, 3.05) is 14.2 Å². The van der Waals surface area contributed by atoms with E-state index in [9.17, 15) is 4.79 Å². The molecule has 0 radical (unpaired) electrons. The van der Waals surface area contributed by atoms with Gasteiger partial charge in [-0.2, -0.15) is 0 Å². The van der Waals surface area contributed by atoms with E-state index in [4.69, 9.17) is 9.47 Å². The summed E-state index contributed by atoms with van der Waals surface area (Å²) >= 11 is 0. The van der Waals surface area contributed by atoms with Gasteiger partial charge in [-0.1, -0.05) is 12.1 Å². The largest absolute Gasteiger partial charge is 0.497 e. The van der Waals surface area contributed by atoms with Gasteiger partial charge in [0.15, 0.2) is 6.10 Å². The van der Waals surface area contributed by atoms with Gasteiger partial charge in [0, 0.05) is 0 Å². The van der Waals surface area contributed by atoms with Crippen molar-refractivity contribution in [3.05, 3.63) is 36.1 Å². The highest BCUT2D eigenvalue weighted by atomic mass is 16.6. The first-order chi connectivity index (χ1) is 8.17. The third kappa shape index (κ3) is 4.18. The number of hydrogen-bond donors (Lipinski definition) is 0. The lowest BCUT2D eigenvalue weighted by atomic mass is 10.2. The monoisotopic (exact) mass is 236 g/mol. The van der Waals surface area contributed by atoms with Crippen LogP contribution in [0.5, 0.6) is 5.75 Å². The number of rotatable bonds is 5. The molecule has 0 amide bonds. The first-order valence-electron chi connectivity index (χ1n) is 5.21. The zero-order valence-electron chi connectivity index (χ0n) is 10.2. The van der Waals surface area contributed by atoms with Crippen LogP contribution in [0.15, 0.2) is 30.5 Å². The second kappa shape index (κ2) is 6.58. The van der Waals surface area contributed by atoms with E-state index in [0.717, 1.165) is 11.3 Å². The van der Waals surface area contributed by atoms with Crippen LogP contribution in [0, 0.1) is 0 Å². The van der Waals surface area contributed by atoms with Crippen molar-refractivity contribution in [2.24, 2.45) is 0 Å². The first-order valence-corrected chi connectivity index (χ1v) is 5.21. The summed E-state index contributed by atoms with van der Waals surface area (Å²) in [5.74, 6) is 0.398. The Bertz CT molecular complexity index is 381. The lowest BCUT2D eigenvalue weighted by molar-refractivity contribution is -0.149. The molecule has 0 aliphatic rings. The molecule has 0 heterocycles. The van der Waals surface area contributed by atoms with E-state index >= 15 is 0 Å². The van der Waals surface area contributed by atoms with E-state index in [1.807, 2.05) is 24.3 Å². The molecule has 0 N–H and O–H groups in total. The molecule has 0 saturated carbocycles. The molecule has 0 aromatic heterocycles. The minimum atomic E-state index is -0.602. The van der Waals surface area contributed by atoms with Crippen molar-refractivity contribution in [1.29, 1.82) is 0 Å². The average Bonchev–Trinajstić information content (AvgIpc) is 2.38.